The van der Waals surface area contributed by atoms with Crippen molar-refractivity contribution in [1.29, 1.82) is 0 Å². The second kappa shape index (κ2) is 12.2. The molecule has 6 N–H and O–H groups in total. The predicted octanol–water partition coefficient (Wildman–Crippen LogP) is 3.57. The average molecular weight is 573 g/mol. The number of likely N-dealkylation sites (tertiary alicyclic amines) is 1. The van der Waals surface area contributed by atoms with Crippen LogP contribution < -0.4 is 27.0 Å². The normalized spacial score (nSPS) is 15.6. The molecule has 2 heterocycles. The smallest absolute Gasteiger partial charge is 0.321 e. The van der Waals surface area contributed by atoms with Gasteiger partial charge in [0.2, 0.25) is 17.8 Å². The zero-order valence-electron chi connectivity index (χ0n) is 20.7. The van der Waals surface area contributed by atoms with E-state index in [-0.39, 0.29) is 29.7 Å². The summed E-state index contributed by atoms with van der Waals surface area (Å²) < 4.78 is 0.718. The lowest BCUT2D eigenvalue weighted by atomic mass is 9.97. The van der Waals surface area contributed by atoms with Crippen LogP contribution in [0.5, 0.6) is 0 Å². The Kier molecular flexibility index (Phi) is 8.80. The lowest BCUT2D eigenvalue weighted by Crippen LogP contribution is -2.32. The zero-order valence-corrected chi connectivity index (χ0v) is 22.3. The molecule has 0 radical (unpaired) electrons. The number of amides is 4. The topological polar surface area (TPSA) is 154 Å². The van der Waals surface area contributed by atoms with Gasteiger partial charge in [0, 0.05) is 56.6 Å². The van der Waals surface area contributed by atoms with E-state index in [1.807, 2.05) is 29.2 Å². The van der Waals surface area contributed by atoms with Gasteiger partial charge < -0.3 is 31.9 Å². The minimum Gasteiger partial charge on any atom is -0.370 e. The van der Waals surface area contributed by atoms with E-state index in [0.717, 1.165) is 48.9 Å². The Morgan fingerprint density at radius 3 is 2.57 bits per heavy atom. The average Bonchev–Trinajstić information content (AvgIpc) is 3.36. The van der Waals surface area contributed by atoms with Gasteiger partial charge >= 0.3 is 6.03 Å². The Morgan fingerprint density at radius 2 is 1.84 bits per heavy atom. The molecule has 2 aromatic rings. The minimum atomic E-state index is -0.351. The van der Waals surface area contributed by atoms with E-state index in [4.69, 9.17) is 5.73 Å². The molecule has 12 heteroatoms. The van der Waals surface area contributed by atoms with Crippen LogP contribution in [0.25, 0.3) is 0 Å². The summed E-state index contributed by atoms with van der Waals surface area (Å²) in [5, 5.41) is 12.3. The molecular weight excluding hydrogens is 540 g/mol. The molecule has 0 spiro atoms. The van der Waals surface area contributed by atoms with Gasteiger partial charge in [-0.25, -0.2) is 9.78 Å². The number of nitrogens with zero attached hydrogens (tertiary/aromatic N) is 3. The maximum atomic E-state index is 12.4. The molecule has 198 valence electrons. The molecule has 1 saturated carbocycles. The lowest BCUT2D eigenvalue weighted by Gasteiger charge is -2.16. The van der Waals surface area contributed by atoms with Crippen molar-refractivity contribution in [2.75, 3.05) is 42.1 Å². The third-order valence-corrected chi connectivity index (χ3v) is 7.10. The Labute approximate surface area is 224 Å². The van der Waals surface area contributed by atoms with Gasteiger partial charge in [0.15, 0.2) is 0 Å². The van der Waals surface area contributed by atoms with Crippen molar-refractivity contribution in [3.8, 4) is 0 Å². The second-order valence-electron chi connectivity index (χ2n) is 9.67. The van der Waals surface area contributed by atoms with Crippen molar-refractivity contribution in [3.05, 3.63) is 34.9 Å². The molecule has 2 aliphatic rings. The fraction of sp³-hybridized carbons (Fsp3) is 0.480. The molecular formula is C25H33BrN8O3. The third-order valence-electron chi connectivity index (χ3n) is 6.52. The van der Waals surface area contributed by atoms with Crippen LogP contribution in [0.15, 0.2) is 34.9 Å². The third kappa shape index (κ3) is 8.04. The number of nitrogens with one attached hydrogen (secondary N) is 4. The van der Waals surface area contributed by atoms with Crippen LogP contribution >= 0.6 is 15.9 Å². The molecule has 0 bridgehead atoms. The lowest BCUT2D eigenvalue weighted by molar-refractivity contribution is -0.123. The minimum absolute atomic E-state index is 0.0488. The summed E-state index contributed by atoms with van der Waals surface area (Å²) in [4.78, 5) is 46.4. The first-order valence-electron chi connectivity index (χ1n) is 12.6. The van der Waals surface area contributed by atoms with E-state index in [9.17, 15) is 14.4 Å². The number of halogens is 1. The van der Waals surface area contributed by atoms with Gasteiger partial charge in [-0.05, 0) is 71.6 Å². The van der Waals surface area contributed by atoms with Crippen LogP contribution in [-0.4, -0.2) is 58.9 Å². The first kappa shape index (κ1) is 26.6. The first-order chi connectivity index (χ1) is 17.8. The summed E-state index contributed by atoms with van der Waals surface area (Å²) in [6, 6.07) is 7.32. The number of hydrogen-bond acceptors (Lipinski definition) is 7. The number of carbonyl (C=O) groups excluding carboxylic acids is 3. The maximum absolute atomic E-state index is 12.4. The van der Waals surface area contributed by atoms with Crippen molar-refractivity contribution in [3.63, 3.8) is 0 Å². The fourth-order valence-electron chi connectivity index (χ4n) is 4.37. The number of primary amides is 1. The van der Waals surface area contributed by atoms with Crippen molar-refractivity contribution in [1.82, 2.24) is 20.2 Å². The highest BCUT2D eigenvalue weighted by Crippen LogP contribution is 2.51. The molecule has 1 aromatic carbocycles. The molecule has 37 heavy (non-hydrogen) atoms. The van der Waals surface area contributed by atoms with Crippen molar-refractivity contribution in [2.24, 2.45) is 11.1 Å². The van der Waals surface area contributed by atoms with Gasteiger partial charge in [-0.1, -0.05) is 6.07 Å². The summed E-state index contributed by atoms with van der Waals surface area (Å²) in [6.45, 7) is 2.69. The number of rotatable bonds is 12. The number of nitrogens with two attached hydrogens (primary N) is 1. The van der Waals surface area contributed by atoms with E-state index in [1.165, 1.54) is 0 Å². The number of anilines is 4. The van der Waals surface area contributed by atoms with Gasteiger partial charge in [-0.3, -0.25) is 9.59 Å². The molecule has 1 aliphatic carbocycles. The molecule has 2 fully saturated rings. The summed E-state index contributed by atoms with van der Waals surface area (Å²) >= 11 is 3.46. The quantitative estimate of drug-likeness (QED) is 0.243. The summed E-state index contributed by atoms with van der Waals surface area (Å²) in [5.41, 5.74) is 6.51. The molecule has 0 atom stereocenters. The van der Waals surface area contributed by atoms with Gasteiger partial charge in [-0.2, -0.15) is 4.98 Å². The van der Waals surface area contributed by atoms with Gasteiger partial charge in [0.25, 0.3) is 0 Å². The second-order valence-corrected chi connectivity index (χ2v) is 10.5. The SMILES string of the molecule is NC(=O)CC1(CC(=O)NCCCNc2nc(Nc3cccc(NC(=O)N4CCCC4)c3)ncc2Br)CC1. The van der Waals surface area contributed by atoms with Gasteiger partial charge in [0.05, 0.1) is 4.47 Å². The number of benzene rings is 1. The Bertz CT molecular complexity index is 1130. The molecule has 1 aromatic heterocycles. The van der Waals surface area contributed by atoms with E-state index in [1.54, 1.807) is 6.20 Å². The van der Waals surface area contributed by atoms with Crippen LogP contribution in [-0.2, 0) is 9.59 Å². The monoisotopic (exact) mass is 572 g/mol. The highest BCUT2D eigenvalue weighted by Gasteiger charge is 2.45. The molecule has 1 saturated heterocycles. The van der Waals surface area contributed by atoms with E-state index < -0.39 is 0 Å². The number of carbonyl (C=O) groups is 3. The Balaban J connectivity index is 1.22. The van der Waals surface area contributed by atoms with Gasteiger partial charge in [-0.15, -0.1) is 0 Å². The van der Waals surface area contributed by atoms with E-state index >= 15 is 0 Å². The number of aromatic nitrogens is 2. The van der Waals surface area contributed by atoms with Crippen LogP contribution in [0.3, 0.4) is 0 Å². The van der Waals surface area contributed by atoms with Crippen molar-refractivity contribution < 1.29 is 14.4 Å². The van der Waals surface area contributed by atoms with Crippen LogP contribution in [0, 0.1) is 5.41 Å². The van der Waals surface area contributed by atoms with Crippen LogP contribution in [0.2, 0.25) is 0 Å². The zero-order chi connectivity index (χ0) is 26.3. The summed E-state index contributed by atoms with van der Waals surface area (Å²) in [6.07, 6.45) is 6.82. The van der Waals surface area contributed by atoms with E-state index in [2.05, 4.69) is 47.2 Å². The van der Waals surface area contributed by atoms with Crippen molar-refractivity contribution in [2.45, 2.75) is 44.9 Å². The predicted molar refractivity (Wildman–Crippen MR) is 145 cm³/mol. The highest BCUT2D eigenvalue weighted by molar-refractivity contribution is 9.10. The standard InChI is InChI=1S/C25H33BrN8O3/c26-19-16-30-23(31-17-5-3-6-18(13-17)32-24(37)34-11-1-2-12-34)33-22(19)29-10-4-9-28-21(36)15-25(7-8-25)14-20(27)35/h3,5-6,13,16H,1-2,4,7-12,14-15H2,(H2,27,35)(H,28,36)(H,32,37)(H2,29,30,31,33). The van der Waals surface area contributed by atoms with Crippen LogP contribution in [0.1, 0.15) is 44.9 Å². The molecule has 4 rings (SSSR count). The molecule has 1 aliphatic heterocycles. The largest absolute Gasteiger partial charge is 0.370 e. The molecule has 11 nitrogen and oxygen atoms in total. The Hall–Kier alpha value is -3.41. The maximum Gasteiger partial charge on any atom is 0.321 e. The van der Waals surface area contributed by atoms with Crippen LogP contribution in [0.4, 0.5) is 27.9 Å². The van der Waals surface area contributed by atoms with Crippen molar-refractivity contribution >= 4 is 56.9 Å². The molecule has 0 unspecified atom stereocenters. The highest BCUT2D eigenvalue weighted by atomic mass is 79.9. The van der Waals surface area contributed by atoms with E-state index in [0.29, 0.717) is 43.4 Å². The Morgan fingerprint density at radius 1 is 1.08 bits per heavy atom. The van der Waals surface area contributed by atoms with Gasteiger partial charge in [0.1, 0.15) is 5.82 Å². The first-order valence-corrected chi connectivity index (χ1v) is 13.4. The molecule has 4 amide bonds. The summed E-state index contributed by atoms with van der Waals surface area (Å²) in [7, 11) is 0. The fourth-order valence-corrected chi connectivity index (χ4v) is 4.70. The number of urea groups is 1. The summed E-state index contributed by atoms with van der Waals surface area (Å²) in [5.74, 6) is 0.634. The number of hydrogen-bond donors (Lipinski definition) is 5.